The van der Waals surface area contributed by atoms with E-state index in [1.54, 1.807) is 6.92 Å². The summed E-state index contributed by atoms with van der Waals surface area (Å²) < 4.78 is 0. The molecule has 0 heterocycles. The Balaban J connectivity index is 3.60. The minimum absolute atomic E-state index is 0.187. The van der Waals surface area contributed by atoms with Crippen LogP contribution in [0.1, 0.15) is 39.5 Å². The summed E-state index contributed by atoms with van der Waals surface area (Å²) in [5.74, 6) is 0.451. The quantitative estimate of drug-likeness (QED) is 0.639. The lowest BCUT2D eigenvalue weighted by Crippen LogP contribution is -2.10. The predicted molar refractivity (Wildman–Crippen MR) is 45.4 cm³/mol. The average Bonchev–Trinajstić information content (AvgIpc) is 1.97. The Morgan fingerprint density at radius 1 is 1.45 bits per heavy atom. The highest BCUT2D eigenvalue weighted by Crippen LogP contribution is 2.13. The minimum Gasteiger partial charge on any atom is -0.396 e. The number of carbonyl (C=O) groups is 1. The van der Waals surface area contributed by atoms with Crippen LogP contribution >= 0.6 is 0 Å². The maximum atomic E-state index is 11.0. The summed E-state index contributed by atoms with van der Waals surface area (Å²) in [6.07, 6.45) is 3.62. The van der Waals surface area contributed by atoms with Crippen LogP contribution in [0.5, 0.6) is 0 Å². The fourth-order valence-electron chi connectivity index (χ4n) is 1.24. The van der Waals surface area contributed by atoms with Gasteiger partial charge >= 0.3 is 0 Å². The van der Waals surface area contributed by atoms with Gasteiger partial charge in [-0.3, -0.25) is 4.79 Å². The van der Waals surface area contributed by atoms with E-state index in [0.717, 1.165) is 25.7 Å². The van der Waals surface area contributed by atoms with Crippen LogP contribution in [0.15, 0.2) is 0 Å². The maximum absolute atomic E-state index is 11.0. The number of carbonyl (C=O) groups excluding carboxylic acids is 1. The Kier molecular flexibility index (Phi) is 6.13. The first-order valence-corrected chi connectivity index (χ1v) is 4.33. The molecule has 11 heavy (non-hydrogen) atoms. The zero-order chi connectivity index (χ0) is 8.69. The molecule has 0 amide bonds. The van der Waals surface area contributed by atoms with Crippen molar-refractivity contribution in [1.82, 2.24) is 0 Å². The molecule has 0 aromatic rings. The zero-order valence-electron chi connectivity index (χ0n) is 7.47. The summed E-state index contributed by atoms with van der Waals surface area (Å²) in [5, 5.41) is 8.55. The normalized spacial score (nSPS) is 13.0. The van der Waals surface area contributed by atoms with Crippen LogP contribution in [-0.4, -0.2) is 17.5 Å². The highest BCUT2D eigenvalue weighted by atomic mass is 16.2. The van der Waals surface area contributed by atoms with E-state index in [2.05, 4.69) is 6.92 Å². The number of ketones is 1. The summed E-state index contributed by atoms with van der Waals surface area (Å²) in [6, 6.07) is 0. The molecule has 0 rings (SSSR count). The second-order valence-corrected chi connectivity index (χ2v) is 2.96. The van der Waals surface area contributed by atoms with Crippen molar-refractivity contribution < 1.29 is 9.90 Å². The van der Waals surface area contributed by atoms with Crippen LogP contribution in [0.25, 0.3) is 0 Å². The molecule has 66 valence electrons. The standard InChI is InChI=1S/C9H18O2/c1-3-5-9(8(2)11)6-4-7-10/h9-10H,3-7H2,1-2H3. The predicted octanol–water partition coefficient (Wildman–Crippen LogP) is 1.76. The summed E-state index contributed by atoms with van der Waals surface area (Å²) in [7, 11) is 0. The van der Waals surface area contributed by atoms with Crippen LogP contribution in [0.4, 0.5) is 0 Å². The Labute approximate surface area is 68.6 Å². The molecular weight excluding hydrogens is 140 g/mol. The minimum atomic E-state index is 0.187. The molecule has 2 heteroatoms. The van der Waals surface area contributed by atoms with Gasteiger partial charge in [0.15, 0.2) is 0 Å². The van der Waals surface area contributed by atoms with Crippen LogP contribution < -0.4 is 0 Å². The van der Waals surface area contributed by atoms with Crippen LogP contribution in [0, 0.1) is 5.92 Å². The van der Waals surface area contributed by atoms with Gasteiger partial charge in [-0.1, -0.05) is 13.3 Å². The van der Waals surface area contributed by atoms with Crippen molar-refractivity contribution >= 4 is 5.78 Å². The first-order valence-electron chi connectivity index (χ1n) is 4.33. The number of hydrogen-bond acceptors (Lipinski definition) is 2. The first kappa shape index (κ1) is 10.6. The van der Waals surface area contributed by atoms with Gasteiger partial charge in [-0.05, 0) is 26.2 Å². The van der Waals surface area contributed by atoms with Crippen molar-refractivity contribution in [3.63, 3.8) is 0 Å². The molecule has 2 nitrogen and oxygen atoms in total. The lowest BCUT2D eigenvalue weighted by atomic mass is 9.94. The Morgan fingerprint density at radius 2 is 2.09 bits per heavy atom. The average molecular weight is 158 g/mol. The molecule has 0 radical (unpaired) electrons. The third kappa shape index (κ3) is 4.96. The van der Waals surface area contributed by atoms with Crippen LogP contribution in [0.2, 0.25) is 0 Å². The van der Waals surface area contributed by atoms with E-state index in [-0.39, 0.29) is 18.3 Å². The highest BCUT2D eigenvalue weighted by molar-refractivity contribution is 5.78. The molecule has 0 aromatic carbocycles. The van der Waals surface area contributed by atoms with Crippen LogP contribution in [-0.2, 0) is 4.79 Å². The summed E-state index contributed by atoms with van der Waals surface area (Å²) in [6.45, 7) is 3.92. The van der Waals surface area contributed by atoms with Gasteiger partial charge in [-0.25, -0.2) is 0 Å². The van der Waals surface area contributed by atoms with E-state index in [1.165, 1.54) is 0 Å². The summed E-state index contributed by atoms with van der Waals surface area (Å²) in [4.78, 5) is 11.0. The lowest BCUT2D eigenvalue weighted by molar-refractivity contribution is -0.121. The van der Waals surface area contributed by atoms with Crippen molar-refractivity contribution in [1.29, 1.82) is 0 Å². The smallest absolute Gasteiger partial charge is 0.132 e. The molecule has 1 unspecified atom stereocenters. The van der Waals surface area contributed by atoms with Crippen LogP contribution in [0.3, 0.4) is 0 Å². The summed E-state index contributed by atoms with van der Waals surface area (Å²) >= 11 is 0. The number of hydrogen-bond donors (Lipinski definition) is 1. The molecule has 1 atom stereocenters. The van der Waals surface area contributed by atoms with Gasteiger partial charge in [0.25, 0.3) is 0 Å². The van der Waals surface area contributed by atoms with Gasteiger partial charge in [0.1, 0.15) is 5.78 Å². The van der Waals surface area contributed by atoms with E-state index in [9.17, 15) is 4.79 Å². The number of Topliss-reactive ketones (excluding diaryl/α,β-unsaturated/α-hetero) is 1. The Bertz CT molecular complexity index is 110. The molecule has 0 aromatic heterocycles. The number of aliphatic hydroxyl groups excluding tert-OH is 1. The van der Waals surface area contributed by atoms with E-state index in [0.29, 0.717) is 0 Å². The van der Waals surface area contributed by atoms with Crippen molar-refractivity contribution in [2.45, 2.75) is 39.5 Å². The second-order valence-electron chi connectivity index (χ2n) is 2.96. The molecule has 0 aliphatic heterocycles. The molecular formula is C9H18O2. The molecule has 0 bridgehead atoms. The highest BCUT2D eigenvalue weighted by Gasteiger charge is 2.11. The zero-order valence-corrected chi connectivity index (χ0v) is 7.47. The fraction of sp³-hybridized carbons (Fsp3) is 0.889. The van der Waals surface area contributed by atoms with E-state index in [4.69, 9.17) is 5.11 Å². The monoisotopic (exact) mass is 158 g/mol. The summed E-state index contributed by atoms with van der Waals surface area (Å²) in [5.41, 5.74) is 0. The fourth-order valence-corrected chi connectivity index (χ4v) is 1.24. The van der Waals surface area contributed by atoms with Crippen molar-refractivity contribution in [2.24, 2.45) is 5.92 Å². The molecule has 0 aliphatic rings. The molecule has 0 saturated carbocycles. The van der Waals surface area contributed by atoms with E-state index in [1.807, 2.05) is 0 Å². The number of rotatable bonds is 6. The van der Waals surface area contributed by atoms with Gasteiger partial charge in [0.05, 0.1) is 0 Å². The molecule has 0 aliphatic carbocycles. The van der Waals surface area contributed by atoms with E-state index < -0.39 is 0 Å². The van der Waals surface area contributed by atoms with Gasteiger partial charge in [-0.15, -0.1) is 0 Å². The maximum Gasteiger partial charge on any atom is 0.132 e. The van der Waals surface area contributed by atoms with E-state index >= 15 is 0 Å². The van der Waals surface area contributed by atoms with Crippen molar-refractivity contribution in [2.75, 3.05) is 6.61 Å². The Morgan fingerprint density at radius 3 is 2.45 bits per heavy atom. The number of aliphatic hydroxyl groups is 1. The second kappa shape index (κ2) is 6.35. The molecule has 0 spiro atoms. The Hall–Kier alpha value is -0.370. The van der Waals surface area contributed by atoms with Gasteiger partial charge in [0, 0.05) is 12.5 Å². The first-order chi connectivity index (χ1) is 5.22. The van der Waals surface area contributed by atoms with Gasteiger partial charge in [0.2, 0.25) is 0 Å². The molecule has 1 N–H and O–H groups in total. The third-order valence-corrected chi connectivity index (χ3v) is 1.92. The van der Waals surface area contributed by atoms with Gasteiger partial charge < -0.3 is 5.11 Å². The molecule has 0 fully saturated rings. The topological polar surface area (TPSA) is 37.3 Å². The third-order valence-electron chi connectivity index (χ3n) is 1.92. The van der Waals surface area contributed by atoms with Gasteiger partial charge in [-0.2, -0.15) is 0 Å². The largest absolute Gasteiger partial charge is 0.396 e. The van der Waals surface area contributed by atoms with Crippen molar-refractivity contribution in [3.8, 4) is 0 Å². The SMILES string of the molecule is CCCC(CCCO)C(C)=O. The lowest BCUT2D eigenvalue weighted by Gasteiger charge is -2.10. The molecule has 0 saturated heterocycles. The van der Waals surface area contributed by atoms with Crippen molar-refractivity contribution in [3.05, 3.63) is 0 Å².